The van der Waals surface area contributed by atoms with Crippen LogP contribution in [0.2, 0.25) is 0 Å². The third kappa shape index (κ3) is 7.10. The van der Waals surface area contributed by atoms with Crippen LogP contribution >= 0.6 is 12.4 Å². The molecule has 0 saturated carbocycles. The largest absolute Gasteiger partial charge is 0.405 e. The zero-order valence-electron chi connectivity index (χ0n) is 13.8. The molecule has 0 aliphatic carbocycles. The van der Waals surface area contributed by atoms with Crippen LogP contribution < -0.4 is 15.4 Å². The molecule has 0 aromatic heterocycles. The van der Waals surface area contributed by atoms with Gasteiger partial charge >= 0.3 is 6.18 Å². The first-order chi connectivity index (χ1) is 11.7. The van der Waals surface area contributed by atoms with E-state index in [1.807, 2.05) is 0 Å². The molecular formula is C15H21ClF3N3O3S. The van der Waals surface area contributed by atoms with Gasteiger partial charge in [0.1, 0.15) is 6.54 Å². The summed E-state index contributed by atoms with van der Waals surface area (Å²) in [5, 5.41) is 4.90. The van der Waals surface area contributed by atoms with Crippen molar-refractivity contribution in [2.45, 2.75) is 23.9 Å². The standard InChI is InChI=1S/C15H20F3N3O3S.ClH/c16-15(17,18)10-20-14(22)12-4-1-5-13(7-12)25(23,24)21-9-11-3-2-6-19-8-11;/h1,4-5,7,11,19,21H,2-3,6,8-10H2,(H,20,22);1H. The second-order valence-electron chi connectivity index (χ2n) is 5.89. The van der Waals surface area contributed by atoms with Gasteiger partial charge in [-0.15, -0.1) is 12.4 Å². The molecule has 26 heavy (non-hydrogen) atoms. The fourth-order valence-electron chi connectivity index (χ4n) is 2.50. The van der Waals surface area contributed by atoms with E-state index in [9.17, 15) is 26.4 Å². The minimum atomic E-state index is -4.53. The maximum atomic E-state index is 12.3. The average Bonchev–Trinajstić information content (AvgIpc) is 2.58. The lowest BCUT2D eigenvalue weighted by molar-refractivity contribution is -0.123. The summed E-state index contributed by atoms with van der Waals surface area (Å²) >= 11 is 0. The first-order valence-electron chi connectivity index (χ1n) is 7.83. The van der Waals surface area contributed by atoms with E-state index in [0.717, 1.165) is 32.0 Å². The van der Waals surface area contributed by atoms with Crippen molar-refractivity contribution < 1.29 is 26.4 Å². The summed E-state index contributed by atoms with van der Waals surface area (Å²) in [7, 11) is -3.84. The van der Waals surface area contributed by atoms with Crippen LogP contribution in [0.25, 0.3) is 0 Å². The Hall–Kier alpha value is -1.36. The minimum absolute atomic E-state index is 0. The van der Waals surface area contributed by atoms with Crippen molar-refractivity contribution in [2.24, 2.45) is 5.92 Å². The fraction of sp³-hybridized carbons (Fsp3) is 0.533. The lowest BCUT2D eigenvalue weighted by Gasteiger charge is -2.22. The number of carbonyl (C=O) groups excluding carboxylic acids is 1. The Bertz CT molecular complexity index is 708. The van der Waals surface area contributed by atoms with Crippen molar-refractivity contribution in [3.05, 3.63) is 29.8 Å². The monoisotopic (exact) mass is 415 g/mol. The molecule has 1 aromatic carbocycles. The van der Waals surface area contributed by atoms with Crippen LogP contribution in [-0.4, -0.2) is 46.7 Å². The molecule has 0 radical (unpaired) electrons. The van der Waals surface area contributed by atoms with E-state index in [1.165, 1.54) is 18.2 Å². The molecule has 1 unspecified atom stereocenters. The molecule has 11 heteroatoms. The fourth-order valence-corrected chi connectivity index (χ4v) is 3.66. The number of hydrogen-bond donors (Lipinski definition) is 3. The summed E-state index contributed by atoms with van der Waals surface area (Å²) in [5.74, 6) is -0.798. The zero-order chi connectivity index (χ0) is 18.5. The van der Waals surface area contributed by atoms with Gasteiger partial charge in [-0.3, -0.25) is 4.79 Å². The number of piperidine rings is 1. The van der Waals surface area contributed by atoms with Crippen molar-refractivity contribution in [3.8, 4) is 0 Å². The average molecular weight is 416 g/mol. The number of alkyl halides is 3. The highest BCUT2D eigenvalue weighted by Gasteiger charge is 2.28. The van der Waals surface area contributed by atoms with Gasteiger partial charge < -0.3 is 10.6 Å². The Balaban J connectivity index is 0.00000338. The molecule has 1 aliphatic heterocycles. The van der Waals surface area contributed by atoms with E-state index in [0.29, 0.717) is 0 Å². The summed E-state index contributed by atoms with van der Waals surface area (Å²) in [4.78, 5) is 11.6. The number of benzene rings is 1. The smallest absolute Gasteiger partial charge is 0.343 e. The molecule has 0 spiro atoms. The van der Waals surface area contributed by atoms with Crippen LogP contribution in [0.15, 0.2) is 29.2 Å². The molecule has 1 heterocycles. The van der Waals surface area contributed by atoms with Crippen molar-refractivity contribution in [2.75, 3.05) is 26.2 Å². The second-order valence-corrected chi connectivity index (χ2v) is 7.66. The van der Waals surface area contributed by atoms with Gasteiger partial charge in [0.15, 0.2) is 0 Å². The predicted octanol–water partition coefficient (Wildman–Crippen LogP) is 1.68. The maximum absolute atomic E-state index is 12.3. The van der Waals surface area contributed by atoms with Gasteiger partial charge in [0, 0.05) is 12.1 Å². The Morgan fingerprint density at radius 3 is 2.65 bits per heavy atom. The highest BCUT2D eigenvalue weighted by molar-refractivity contribution is 7.89. The van der Waals surface area contributed by atoms with Crippen molar-refractivity contribution in [1.82, 2.24) is 15.4 Å². The number of halogens is 4. The van der Waals surface area contributed by atoms with E-state index in [1.54, 1.807) is 5.32 Å². The highest BCUT2D eigenvalue weighted by atomic mass is 35.5. The molecule has 2 rings (SSSR count). The van der Waals surface area contributed by atoms with Crippen LogP contribution in [0.5, 0.6) is 0 Å². The van der Waals surface area contributed by atoms with Gasteiger partial charge in [-0.05, 0) is 50.0 Å². The van der Waals surface area contributed by atoms with Crippen LogP contribution in [0.3, 0.4) is 0 Å². The summed E-state index contributed by atoms with van der Waals surface area (Å²) in [6.45, 7) is 0.427. The van der Waals surface area contributed by atoms with Crippen molar-refractivity contribution in [3.63, 3.8) is 0 Å². The summed E-state index contributed by atoms with van der Waals surface area (Å²) < 4.78 is 63.6. The molecule has 3 N–H and O–H groups in total. The van der Waals surface area contributed by atoms with Gasteiger partial charge in [0.25, 0.3) is 5.91 Å². The summed E-state index contributed by atoms with van der Waals surface area (Å²) in [5.41, 5.74) is -0.147. The van der Waals surface area contributed by atoms with Gasteiger partial charge in [0.05, 0.1) is 4.90 Å². The molecule has 1 saturated heterocycles. The number of amides is 1. The molecule has 1 amide bonds. The molecule has 148 valence electrons. The predicted molar refractivity (Wildman–Crippen MR) is 92.9 cm³/mol. The highest BCUT2D eigenvalue weighted by Crippen LogP contribution is 2.15. The van der Waals surface area contributed by atoms with Crippen LogP contribution in [0, 0.1) is 5.92 Å². The summed E-state index contributed by atoms with van der Waals surface area (Å²) in [6.07, 6.45) is -2.65. The maximum Gasteiger partial charge on any atom is 0.405 e. The van der Waals surface area contributed by atoms with E-state index < -0.39 is 28.7 Å². The van der Waals surface area contributed by atoms with Gasteiger partial charge in [0.2, 0.25) is 10.0 Å². The van der Waals surface area contributed by atoms with E-state index >= 15 is 0 Å². The minimum Gasteiger partial charge on any atom is -0.343 e. The van der Waals surface area contributed by atoms with E-state index in [2.05, 4.69) is 10.0 Å². The number of nitrogens with one attached hydrogen (secondary N) is 3. The quantitative estimate of drug-likeness (QED) is 0.659. The Labute approximate surface area is 156 Å². The number of rotatable bonds is 6. The van der Waals surface area contributed by atoms with Crippen molar-refractivity contribution >= 4 is 28.3 Å². The van der Waals surface area contributed by atoms with Crippen LogP contribution in [0.4, 0.5) is 13.2 Å². The molecule has 0 bridgehead atoms. The Kier molecular flexibility index (Phi) is 8.32. The first kappa shape index (κ1) is 22.7. The normalized spacial score (nSPS) is 18.0. The van der Waals surface area contributed by atoms with Gasteiger partial charge in [-0.1, -0.05) is 6.07 Å². The summed E-state index contributed by atoms with van der Waals surface area (Å²) in [6, 6.07) is 4.93. The zero-order valence-corrected chi connectivity index (χ0v) is 15.4. The SMILES string of the molecule is Cl.O=C(NCC(F)(F)F)c1cccc(S(=O)(=O)NCC2CCCNC2)c1. The lowest BCUT2D eigenvalue weighted by Crippen LogP contribution is -2.38. The topological polar surface area (TPSA) is 87.3 Å². The van der Waals surface area contributed by atoms with E-state index in [4.69, 9.17) is 0 Å². The Morgan fingerprint density at radius 1 is 1.31 bits per heavy atom. The Morgan fingerprint density at radius 2 is 2.04 bits per heavy atom. The lowest BCUT2D eigenvalue weighted by atomic mass is 10.0. The van der Waals surface area contributed by atoms with Crippen LogP contribution in [-0.2, 0) is 10.0 Å². The second kappa shape index (κ2) is 9.54. The molecule has 1 aromatic rings. The molecule has 1 fully saturated rings. The number of sulfonamides is 1. The molecule has 1 atom stereocenters. The van der Waals surface area contributed by atoms with Gasteiger partial charge in [-0.25, -0.2) is 13.1 Å². The number of carbonyl (C=O) groups is 1. The third-order valence-electron chi connectivity index (χ3n) is 3.82. The number of hydrogen-bond acceptors (Lipinski definition) is 4. The molecular weight excluding hydrogens is 395 g/mol. The molecule has 6 nitrogen and oxygen atoms in total. The molecule has 1 aliphatic rings. The van der Waals surface area contributed by atoms with Crippen LogP contribution in [0.1, 0.15) is 23.2 Å². The van der Waals surface area contributed by atoms with Gasteiger partial charge in [-0.2, -0.15) is 13.2 Å². The third-order valence-corrected chi connectivity index (χ3v) is 5.24. The van der Waals surface area contributed by atoms with E-state index in [-0.39, 0.29) is 35.3 Å². The first-order valence-corrected chi connectivity index (χ1v) is 9.31. The van der Waals surface area contributed by atoms with Crippen molar-refractivity contribution in [1.29, 1.82) is 0 Å².